The van der Waals surface area contributed by atoms with Gasteiger partial charge in [-0.15, -0.1) is 0 Å². The topological polar surface area (TPSA) is 223 Å². The number of hydrogen-bond donors (Lipinski definition) is 8. The van der Waals surface area contributed by atoms with Gasteiger partial charge in [0.2, 0.25) is 0 Å². The first-order chi connectivity index (χ1) is 21.1. The lowest BCUT2D eigenvalue weighted by molar-refractivity contribution is -0.147. The highest BCUT2D eigenvalue weighted by atomic mass is 32.2. The number of carbonyl (C=O) groups is 2. The molecule has 0 amide bonds. The van der Waals surface area contributed by atoms with Crippen molar-refractivity contribution in [2.75, 3.05) is 59.2 Å². The first-order valence-electron chi connectivity index (χ1n) is 16.3. The quantitative estimate of drug-likeness (QED) is 0.0329. The zero-order valence-electron chi connectivity index (χ0n) is 27.1. The monoisotopic (exact) mass is 660 g/mol. The van der Waals surface area contributed by atoms with Crippen LogP contribution in [-0.2, 0) is 24.4 Å². The number of hydrogen-bond acceptors (Lipinski definition) is 11. The highest BCUT2D eigenvalue weighted by Crippen LogP contribution is 2.14. The van der Waals surface area contributed by atoms with E-state index in [1.165, 1.54) is 77.0 Å². The highest BCUT2D eigenvalue weighted by molar-refractivity contribution is 7.87. The minimum absolute atomic E-state index is 0.0307. The van der Waals surface area contributed by atoms with Crippen LogP contribution in [0.3, 0.4) is 0 Å². The normalized spacial score (nSPS) is 11.6. The van der Waals surface area contributed by atoms with E-state index in [0.29, 0.717) is 32.6 Å². The summed E-state index contributed by atoms with van der Waals surface area (Å²) in [4.78, 5) is 22.3. The lowest BCUT2D eigenvalue weighted by Crippen LogP contribution is -2.34. The van der Waals surface area contributed by atoms with Crippen molar-refractivity contribution in [3.63, 3.8) is 0 Å². The van der Waals surface area contributed by atoms with Crippen molar-refractivity contribution in [2.45, 2.75) is 121 Å². The molecule has 1 atom stereocenters. The second kappa shape index (κ2) is 37.8. The number of carbonyl (C=O) groups excluding carboxylic acids is 1. The Labute approximate surface area is 265 Å². The van der Waals surface area contributed by atoms with Crippen molar-refractivity contribution in [1.82, 2.24) is 10.6 Å². The molecule has 0 spiro atoms. The Bertz CT molecular complexity index is 695. The standard InChI is InChI=1S/C22H42O7S.2C4H11NO2/c1-2-3-4-5-6-7-8-9-10-11-12-13-14-15-16-17-18-29-22(25)20(19-21(23)24)30(26,27)28;2*6-3-1-5-2-4-7/h20H,2-19H2,1H3,(H,23,24)(H,26,27,28);2*5-7H,1-4H2. The third-order valence-electron chi connectivity index (χ3n) is 6.38. The van der Waals surface area contributed by atoms with Gasteiger partial charge in [0.05, 0.1) is 39.5 Å². The molecule has 0 bridgehead atoms. The Morgan fingerprint density at radius 1 is 0.614 bits per heavy atom. The van der Waals surface area contributed by atoms with Gasteiger partial charge in [-0.1, -0.05) is 103 Å². The summed E-state index contributed by atoms with van der Waals surface area (Å²) in [6.07, 6.45) is 18.5. The van der Waals surface area contributed by atoms with Gasteiger partial charge in [-0.2, -0.15) is 8.42 Å². The number of esters is 1. The van der Waals surface area contributed by atoms with Gasteiger partial charge >= 0.3 is 11.9 Å². The van der Waals surface area contributed by atoms with Gasteiger partial charge < -0.3 is 40.9 Å². The van der Waals surface area contributed by atoms with E-state index in [9.17, 15) is 18.0 Å². The van der Waals surface area contributed by atoms with Crippen LogP contribution in [0.4, 0.5) is 0 Å². The van der Waals surface area contributed by atoms with Gasteiger partial charge in [-0.05, 0) is 6.42 Å². The lowest BCUT2D eigenvalue weighted by Gasteiger charge is -2.11. The second-order valence-corrected chi connectivity index (χ2v) is 12.1. The van der Waals surface area contributed by atoms with Crippen LogP contribution in [0.25, 0.3) is 0 Å². The van der Waals surface area contributed by atoms with Gasteiger partial charge in [-0.3, -0.25) is 14.1 Å². The minimum atomic E-state index is -4.79. The van der Waals surface area contributed by atoms with E-state index in [-0.39, 0.29) is 33.0 Å². The summed E-state index contributed by atoms with van der Waals surface area (Å²) < 4.78 is 35.9. The molecule has 0 radical (unpaired) electrons. The van der Waals surface area contributed by atoms with E-state index < -0.39 is 33.7 Å². The molecular weight excluding hydrogens is 596 g/mol. The Morgan fingerprint density at radius 3 is 1.20 bits per heavy atom. The molecule has 266 valence electrons. The fourth-order valence-electron chi connectivity index (χ4n) is 3.95. The molecule has 1 unspecified atom stereocenters. The fraction of sp³-hybridized carbons (Fsp3) is 0.933. The van der Waals surface area contributed by atoms with Crippen molar-refractivity contribution < 1.29 is 52.8 Å². The van der Waals surface area contributed by atoms with Crippen LogP contribution in [0.5, 0.6) is 0 Å². The molecule has 0 aromatic carbocycles. The van der Waals surface area contributed by atoms with E-state index in [0.717, 1.165) is 19.3 Å². The van der Waals surface area contributed by atoms with E-state index in [1.54, 1.807) is 0 Å². The molecule has 8 N–H and O–H groups in total. The number of rotatable bonds is 29. The Morgan fingerprint density at radius 2 is 0.932 bits per heavy atom. The molecular formula is C30H64N2O11S. The van der Waals surface area contributed by atoms with Crippen LogP contribution in [0.15, 0.2) is 0 Å². The maximum atomic E-state index is 11.7. The second-order valence-electron chi connectivity index (χ2n) is 10.5. The van der Waals surface area contributed by atoms with Crippen LogP contribution < -0.4 is 10.6 Å². The fourth-order valence-corrected chi connectivity index (χ4v) is 4.62. The van der Waals surface area contributed by atoms with E-state index >= 15 is 0 Å². The molecule has 0 aromatic rings. The minimum Gasteiger partial charge on any atom is -0.481 e. The predicted molar refractivity (Wildman–Crippen MR) is 172 cm³/mol. The summed E-state index contributed by atoms with van der Waals surface area (Å²) >= 11 is 0. The van der Waals surface area contributed by atoms with Crippen LogP contribution in [0.2, 0.25) is 0 Å². The van der Waals surface area contributed by atoms with Crippen LogP contribution in [0, 0.1) is 0 Å². The van der Waals surface area contributed by atoms with Crippen molar-refractivity contribution in [1.29, 1.82) is 0 Å². The van der Waals surface area contributed by atoms with Crippen molar-refractivity contribution in [2.24, 2.45) is 0 Å². The molecule has 0 aliphatic carbocycles. The molecule has 44 heavy (non-hydrogen) atoms. The average Bonchev–Trinajstić information content (AvgIpc) is 2.98. The SMILES string of the molecule is CCCCCCCCCCCCCCCCCCOC(=O)C(CC(=O)O)S(=O)(=O)O.OCCNCCO.OCCNCCO. The van der Waals surface area contributed by atoms with Crippen LogP contribution in [-0.4, -0.2) is 115 Å². The number of aliphatic hydroxyl groups is 4. The van der Waals surface area contributed by atoms with Crippen molar-refractivity contribution in [3.8, 4) is 0 Å². The largest absolute Gasteiger partial charge is 0.481 e. The molecule has 0 heterocycles. The number of carboxylic acids is 1. The summed E-state index contributed by atoms with van der Waals surface area (Å²) in [6.45, 7) is 5.11. The summed E-state index contributed by atoms with van der Waals surface area (Å²) in [5.41, 5.74) is 0. The maximum Gasteiger partial charge on any atom is 0.327 e. The number of ether oxygens (including phenoxy) is 1. The number of aliphatic hydroxyl groups excluding tert-OH is 4. The Hall–Kier alpha value is -1.39. The third-order valence-corrected chi connectivity index (χ3v) is 7.46. The summed E-state index contributed by atoms with van der Waals surface area (Å²) in [7, 11) is -4.79. The number of aliphatic carboxylic acids is 1. The molecule has 0 saturated heterocycles. The maximum absolute atomic E-state index is 11.7. The summed E-state index contributed by atoms with van der Waals surface area (Å²) in [5.74, 6) is -2.70. The smallest absolute Gasteiger partial charge is 0.327 e. The number of unbranched alkanes of at least 4 members (excludes halogenated alkanes) is 15. The van der Waals surface area contributed by atoms with Gasteiger partial charge in [-0.25, -0.2) is 0 Å². The first-order valence-corrected chi connectivity index (χ1v) is 17.8. The highest BCUT2D eigenvalue weighted by Gasteiger charge is 2.34. The van der Waals surface area contributed by atoms with Gasteiger partial charge in [0.25, 0.3) is 10.1 Å². The number of nitrogens with one attached hydrogen (secondary N) is 2. The molecule has 0 saturated carbocycles. The Kier molecular flexibility index (Phi) is 40.4. The van der Waals surface area contributed by atoms with E-state index in [4.69, 9.17) is 34.8 Å². The Balaban J connectivity index is -0.000000982. The molecule has 0 aromatic heterocycles. The van der Waals surface area contributed by atoms with Gasteiger partial charge in [0.15, 0.2) is 5.25 Å². The molecule has 0 rings (SSSR count). The van der Waals surface area contributed by atoms with Gasteiger partial charge in [0, 0.05) is 26.2 Å². The zero-order chi connectivity index (χ0) is 33.7. The third kappa shape index (κ3) is 40.6. The zero-order valence-corrected chi connectivity index (χ0v) is 27.9. The van der Waals surface area contributed by atoms with Crippen LogP contribution >= 0.6 is 0 Å². The first kappa shape index (κ1) is 47.0. The molecule has 0 fully saturated rings. The number of carboxylic acid groups (broad SMARTS) is 1. The average molecular weight is 661 g/mol. The molecule has 14 heteroatoms. The van der Waals surface area contributed by atoms with Crippen molar-refractivity contribution >= 4 is 22.1 Å². The van der Waals surface area contributed by atoms with Crippen LogP contribution in [0.1, 0.15) is 116 Å². The van der Waals surface area contributed by atoms with E-state index in [1.807, 2.05) is 0 Å². The summed E-state index contributed by atoms with van der Waals surface area (Å²) in [6, 6.07) is 0. The van der Waals surface area contributed by atoms with Crippen molar-refractivity contribution in [3.05, 3.63) is 0 Å². The predicted octanol–water partition coefficient (Wildman–Crippen LogP) is 2.64. The van der Waals surface area contributed by atoms with E-state index in [2.05, 4.69) is 17.6 Å². The van der Waals surface area contributed by atoms with Gasteiger partial charge in [0.1, 0.15) is 0 Å². The molecule has 0 aliphatic heterocycles. The molecule has 0 aliphatic rings. The lowest BCUT2D eigenvalue weighted by atomic mass is 10.0. The molecule has 13 nitrogen and oxygen atoms in total. The summed E-state index contributed by atoms with van der Waals surface area (Å²) in [5, 5.41) is 44.7.